The smallest absolute Gasteiger partial charge is 0.437 e. The molecule has 0 aliphatic heterocycles. The summed E-state index contributed by atoms with van der Waals surface area (Å²) in [7, 11) is 1.40. The number of hydrogen-bond donors (Lipinski definition) is 0. The standard InChI is InChI=1S/C17H19O3S/c1-13-6-4-5-7-14(13)12-21(3)16-10-8-15(9-11-16)20-17(18)19-2/h4-11H,12H2,1-3H3/q+1. The van der Waals surface area contributed by atoms with Crippen LogP contribution in [0.25, 0.3) is 0 Å². The van der Waals surface area contributed by atoms with Gasteiger partial charge in [0, 0.05) is 16.5 Å². The highest BCUT2D eigenvalue weighted by atomic mass is 32.2. The van der Waals surface area contributed by atoms with E-state index in [0.717, 1.165) is 5.75 Å². The Morgan fingerprint density at radius 3 is 2.38 bits per heavy atom. The molecule has 0 radical (unpaired) electrons. The van der Waals surface area contributed by atoms with Crippen LogP contribution >= 0.6 is 0 Å². The van der Waals surface area contributed by atoms with Crippen molar-refractivity contribution in [1.29, 1.82) is 0 Å². The van der Waals surface area contributed by atoms with E-state index in [0.29, 0.717) is 5.75 Å². The Morgan fingerprint density at radius 1 is 1.10 bits per heavy atom. The minimum absolute atomic E-state index is 0.111. The molecule has 1 atom stereocenters. The topological polar surface area (TPSA) is 35.5 Å². The Balaban J connectivity index is 2.04. The Kier molecular flexibility index (Phi) is 5.28. The zero-order chi connectivity index (χ0) is 15.2. The van der Waals surface area contributed by atoms with Gasteiger partial charge in [0.15, 0.2) is 4.90 Å². The van der Waals surface area contributed by atoms with Crippen molar-refractivity contribution in [2.75, 3.05) is 13.4 Å². The Morgan fingerprint density at radius 2 is 1.76 bits per heavy atom. The lowest BCUT2D eigenvalue weighted by Gasteiger charge is -2.07. The van der Waals surface area contributed by atoms with E-state index in [1.807, 2.05) is 12.1 Å². The summed E-state index contributed by atoms with van der Waals surface area (Å²) in [6, 6.07) is 16.0. The van der Waals surface area contributed by atoms with Crippen LogP contribution in [0.2, 0.25) is 0 Å². The van der Waals surface area contributed by atoms with Gasteiger partial charge in [-0.05, 0) is 36.8 Å². The highest BCUT2D eigenvalue weighted by Gasteiger charge is 2.17. The third-order valence-electron chi connectivity index (χ3n) is 3.23. The highest BCUT2D eigenvalue weighted by Crippen LogP contribution is 2.21. The lowest BCUT2D eigenvalue weighted by atomic mass is 10.1. The van der Waals surface area contributed by atoms with E-state index >= 15 is 0 Å². The average molecular weight is 303 g/mol. The van der Waals surface area contributed by atoms with Crippen LogP contribution in [0, 0.1) is 6.92 Å². The summed E-state index contributed by atoms with van der Waals surface area (Å²) < 4.78 is 9.44. The molecule has 110 valence electrons. The van der Waals surface area contributed by atoms with E-state index in [9.17, 15) is 4.79 Å². The third kappa shape index (κ3) is 4.26. The molecule has 2 aromatic carbocycles. The van der Waals surface area contributed by atoms with Crippen LogP contribution in [0.5, 0.6) is 5.75 Å². The maximum Gasteiger partial charge on any atom is 0.513 e. The number of benzene rings is 2. The van der Waals surface area contributed by atoms with Crippen molar-refractivity contribution < 1.29 is 14.3 Å². The van der Waals surface area contributed by atoms with Crippen LogP contribution in [0.3, 0.4) is 0 Å². The molecular formula is C17H19O3S+. The van der Waals surface area contributed by atoms with Crippen molar-refractivity contribution in [2.24, 2.45) is 0 Å². The monoisotopic (exact) mass is 303 g/mol. The lowest BCUT2D eigenvalue weighted by molar-refractivity contribution is 0.121. The van der Waals surface area contributed by atoms with E-state index in [4.69, 9.17) is 4.74 Å². The second-order valence-corrected chi connectivity index (χ2v) is 6.77. The highest BCUT2D eigenvalue weighted by molar-refractivity contribution is 7.95. The molecule has 0 fully saturated rings. The first kappa shape index (κ1) is 15.4. The van der Waals surface area contributed by atoms with Gasteiger partial charge in [-0.1, -0.05) is 24.3 Å². The number of aryl methyl sites for hydroxylation is 1. The fraction of sp³-hybridized carbons (Fsp3) is 0.235. The number of ether oxygens (including phenoxy) is 2. The number of carbonyl (C=O) groups excluding carboxylic acids is 1. The van der Waals surface area contributed by atoms with Gasteiger partial charge in [-0.3, -0.25) is 0 Å². The summed E-state index contributed by atoms with van der Waals surface area (Å²) in [4.78, 5) is 12.3. The molecule has 0 amide bonds. The predicted molar refractivity (Wildman–Crippen MR) is 85.9 cm³/mol. The van der Waals surface area contributed by atoms with Gasteiger partial charge in [-0.2, -0.15) is 0 Å². The number of rotatable bonds is 4. The largest absolute Gasteiger partial charge is 0.513 e. The van der Waals surface area contributed by atoms with Crippen molar-refractivity contribution in [3.8, 4) is 5.75 Å². The van der Waals surface area contributed by atoms with Gasteiger partial charge in [0.1, 0.15) is 17.8 Å². The SMILES string of the molecule is COC(=O)Oc1ccc([S+](C)Cc2ccccc2C)cc1. The fourth-order valence-electron chi connectivity index (χ4n) is 1.97. The molecule has 0 saturated heterocycles. The molecule has 0 bridgehead atoms. The molecule has 2 aromatic rings. The summed E-state index contributed by atoms with van der Waals surface area (Å²) in [5, 5.41) is 0. The zero-order valence-corrected chi connectivity index (χ0v) is 13.3. The first-order valence-electron chi connectivity index (χ1n) is 6.63. The van der Waals surface area contributed by atoms with Crippen molar-refractivity contribution in [3.05, 3.63) is 59.7 Å². The summed E-state index contributed by atoms with van der Waals surface area (Å²) in [5.41, 5.74) is 2.70. The summed E-state index contributed by atoms with van der Waals surface area (Å²) >= 11 is 0. The van der Waals surface area contributed by atoms with Crippen LogP contribution in [0.1, 0.15) is 11.1 Å². The fourth-order valence-corrected chi connectivity index (χ4v) is 3.52. The molecular weight excluding hydrogens is 284 g/mol. The van der Waals surface area contributed by atoms with E-state index in [-0.39, 0.29) is 10.9 Å². The lowest BCUT2D eigenvalue weighted by Crippen LogP contribution is -2.08. The number of methoxy groups -OCH3 is 1. The van der Waals surface area contributed by atoms with Crippen LogP contribution in [-0.4, -0.2) is 19.5 Å². The van der Waals surface area contributed by atoms with E-state index in [1.165, 1.54) is 23.1 Å². The molecule has 0 aliphatic rings. The maximum atomic E-state index is 11.0. The van der Waals surface area contributed by atoms with Gasteiger partial charge in [-0.25, -0.2) is 4.79 Å². The maximum absolute atomic E-state index is 11.0. The van der Waals surface area contributed by atoms with Crippen LogP contribution < -0.4 is 4.74 Å². The molecule has 1 unspecified atom stereocenters. The van der Waals surface area contributed by atoms with Gasteiger partial charge in [0.25, 0.3) is 0 Å². The molecule has 21 heavy (non-hydrogen) atoms. The first-order chi connectivity index (χ1) is 10.1. The molecule has 0 saturated carbocycles. The number of carbonyl (C=O) groups is 1. The van der Waals surface area contributed by atoms with Gasteiger partial charge in [0.2, 0.25) is 0 Å². The average Bonchev–Trinajstić information content (AvgIpc) is 2.50. The molecule has 0 aliphatic carbocycles. The van der Waals surface area contributed by atoms with Crippen molar-refractivity contribution >= 4 is 17.1 Å². The van der Waals surface area contributed by atoms with E-state index in [1.54, 1.807) is 12.1 Å². The van der Waals surface area contributed by atoms with Crippen molar-refractivity contribution in [2.45, 2.75) is 17.6 Å². The zero-order valence-electron chi connectivity index (χ0n) is 12.5. The molecule has 0 N–H and O–H groups in total. The quantitative estimate of drug-likeness (QED) is 0.487. The van der Waals surface area contributed by atoms with Crippen LogP contribution in [0.4, 0.5) is 4.79 Å². The molecule has 0 spiro atoms. The van der Waals surface area contributed by atoms with Gasteiger partial charge in [-0.15, -0.1) is 0 Å². The Hall–Kier alpha value is -1.94. The van der Waals surface area contributed by atoms with Gasteiger partial charge >= 0.3 is 6.16 Å². The molecule has 0 aromatic heterocycles. The van der Waals surface area contributed by atoms with Crippen molar-refractivity contribution in [1.82, 2.24) is 0 Å². The Labute approximate surface area is 128 Å². The third-order valence-corrected chi connectivity index (χ3v) is 5.05. The predicted octanol–water partition coefficient (Wildman–Crippen LogP) is 3.95. The number of hydrogen-bond acceptors (Lipinski definition) is 3. The van der Waals surface area contributed by atoms with E-state index < -0.39 is 6.16 Å². The van der Waals surface area contributed by atoms with Crippen LogP contribution in [-0.2, 0) is 21.4 Å². The molecule has 2 rings (SSSR count). The second kappa shape index (κ2) is 7.18. The molecule has 0 heterocycles. The Bertz CT molecular complexity index is 608. The van der Waals surface area contributed by atoms with Gasteiger partial charge in [0.05, 0.1) is 7.11 Å². The summed E-state index contributed by atoms with van der Waals surface area (Å²) in [6.45, 7) is 2.14. The van der Waals surface area contributed by atoms with Crippen molar-refractivity contribution in [3.63, 3.8) is 0 Å². The first-order valence-corrected chi connectivity index (χ1v) is 8.43. The molecule has 4 heteroatoms. The molecule has 3 nitrogen and oxygen atoms in total. The van der Waals surface area contributed by atoms with Gasteiger partial charge < -0.3 is 9.47 Å². The normalized spacial score (nSPS) is 11.8. The van der Waals surface area contributed by atoms with E-state index in [2.05, 4.69) is 42.2 Å². The second-order valence-electron chi connectivity index (χ2n) is 4.74. The van der Waals surface area contributed by atoms with Crippen LogP contribution in [0.15, 0.2) is 53.4 Å². The minimum Gasteiger partial charge on any atom is -0.437 e. The summed E-state index contributed by atoms with van der Waals surface area (Å²) in [6.07, 6.45) is 1.53. The minimum atomic E-state index is -0.696. The summed E-state index contributed by atoms with van der Waals surface area (Å²) in [5.74, 6) is 1.52.